The van der Waals surface area contributed by atoms with Crippen LogP contribution in [-0.4, -0.2) is 12.6 Å². The summed E-state index contributed by atoms with van der Waals surface area (Å²) in [7, 11) is 0. The fraction of sp³-hybridized carbons (Fsp3) is 0.133. The molecule has 0 amide bonds. The number of allylic oxidation sites excluding steroid dienone is 4. The summed E-state index contributed by atoms with van der Waals surface area (Å²) in [5, 5.41) is 0. The van der Waals surface area contributed by atoms with E-state index in [2.05, 4.69) is 17.8 Å². The summed E-state index contributed by atoms with van der Waals surface area (Å²) < 4.78 is 23.7. The van der Waals surface area contributed by atoms with Crippen LogP contribution in [0.1, 0.15) is 22.8 Å². The van der Waals surface area contributed by atoms with Gasteiger partial charge in [0.1, 0.15) is 6.67 Å². The molecule has 0 heterocycles. The third-order valence-corrected chi connectivity index (χ3v) is 2.22. The van der Waals surface area contributed by atoms with E-state index in [9.17, 15) is 13.7 Å². The number of halogens is 2. The van der Waals surface area contributed by atoms with Crippen LogP contribution in [0.25, 0.3) is 5.57 Å². The average molecular weight is 264 g/mol. The van der Waals surface area contributed by atoms with Gasteiger partial charge in [0.05, 0.1) is 5.56 Å². The van der Waals surface area contributed by atoms with Crippen molar-refractivity contribution in [2.45, 2.75) is 6.92 Å². The zero-order chi connectivity index (χ0) is 14.7. The minimum atomic E-state index is -1.03. The molecule has 0 saturated heterocycles. The maximum absolute atomic E-state index is 12.0. The van der Waals surface area contributed by atoms with Gasteiger partial charge in [-0.1, -0.05) is 30.4 Å². The lowest BCUT2D eigenvalue weighted by molar-refractivity contribution is -0.0788. The fourth-order valence-corrected chi connectivity index (χ4v) is 1.37. The number of terminal acetylenes is 1. The highest BCUT2D eigenvalue weighted by atomic mass is 19.3. The number of carbonyl (C=O) groups excluding carboxylic acids is 1. The van der Waals surface area contributed by atoms with Gasteiger partial charge in [0.25, 0.3) is 0 Å². The van der Waals surface area contributed by atoms with Crippen molar-refractivity contribution in [3.05, 3.63) is 53.6 Å². The van der Waals surface area contributed by atoms with Crippen LogP contribution in [0.4, 0.5) is 8.92 Å². The molecule has 0 aliphatic carbocycles. The molecule has 0 unspecified atom stereocenters. The van der Waals surface area contributed by atoms with Crippen LogP contribution in [0, 0.1) is 12.8 Å². The molecule has 0 N–H and O–H groups in total. The van der Waals surface area contributed by atoms with Gasteiger partial charge in [-0.2, -0.15) is 0 Å². The van der Waals surface area contributed by atoms with Crippen molar-refractivity contribution in [2.75, 3.05) is 6.67 Å². The predicted molar refractivity (Wildman–Crippen MR) is 71.6 cm³/mol. The highest BCUT2D eigenvalue weighted by Crippen LogP contribution is 2.17. The van der Waals surface area contributed by atoms with Gasteiger partial charge in [-0.3, -0.25) is 0 Å². The molecule has 0 bridgehead atoms. The maximum Gasteiger partial charge on any atom is 0.379 e. The standard InChI is InChI=1S/C13H12F2O2.C2H2/c1-2-10(4-3-9-14)11-5-7-12(8-6-11)13(16)17-15;1-2/h2-8H,9H2,1H3;1-2H/b4-3-,10-2+;. The SMILES string of the molecule is C#C.C/C=C(\C=C/CF)c1ccc(C(=O)OF)cc1. The van der Waals surface area contributed by atoms with Crippen molar-refractivity contribution in [3.63, 3.8) is 0 Å². The van der Waals surface area contributed by atoms with Gasteiger partial charge >= 0.3 is 5.97 Å². The van der Waals surface area contributed by atoms with E-state index in [-0.39, 0.29) is 5.56 Å². The smallest absolute Gasteiger partial charge is 0.249 e. The number of hydrogen-bond acceptors (Lipinski definition) is 2. The Morgan fingerprint density at radius 3 is 2.21 bits per heavy atom. The third kappa shape index (κ3) is 5.17. The largest absolute Gasteiger partial charge is 0.379 e. The first kappa shape index (κ1) is 16.6. The second-order valence-corrected chi connectivity index (χ2v) is 3.24. The second kappa shape index (κ2) is 9.60. The van der Waals surface area contributed by atoms with Crippen LogP contribution < -0.4 is 0 Å². The summed E-state index contributed by atoms with van der Waals surface area (Å²) in [6.45, 7) is 1.28. The van der Waals surface area contributed by atoms with Crippen LogP contribution >= 0.6 is 0 Å². The molecule has 2 nitrogen and oxygen atoms in total. The summed E-state index contributed by atoms with van der Waals surface area (Å²) in [6.07, 6.45) is 12.8. The highest BCUT2D eigenvalue weighted by molar-refractivity contribution is 5.89. The molecule has 0 fully saturated rings. The van der Waals surface area contributed by atoms with Crippen LogP contribution in [0.5, 0.6) is 0 Å². The van der Waals surface area contributed by atoms with E-state index in [1.807, 2.05) is 13.0 Å². The lowest BCUT2D eigenvalue weighted by Crippen LogP contribution is -1.98. The van der Waals surface area contributed by atoms with E-state index in [4.69, 9.17) is 0 Å². The molecule has 0 spiro atoms. The van der Waals surface area contributed by atoms with E-state index in [1.165, 1.54) is 18.2 Å². The van der Waals surface area contributed by atoms with E-state index in [1.54, 1.807) is 18.2 Å². The molecule has 19 heavy (non-hydrogen) atoms. The predicted octanol–water partition coefficient (Wildman–Crippen LogP) is 3.91. The summed E-state index contributed by atoms with van der Waals surface area (Å²) in [6, 6.07) is 6.18. The second-order valence-electron chi connectivity index (χ2n) is 3.24. The van der Waals surface area contributed by atoms with Crippen LogP contribution in [0.2, 0.25) is 0 Å². The Morgan fingerprint density at radius 1 is 1.26 bits per heavy atom. The monoisotopic (exact) mass is 264 g/mol. The van der Waals surface area contributed by atoms with E-state index < -0.39 is 12.6 Å². The van der Waals surface area contributed by atoms with Crippen molar-refractivity contribution in [1.82, 2.24) is 0 Å². The Balaban J connectivity index is 0.00000154. The molecule has 4 heteroatoms. The quantitative estimate of drug-likeness (QED) is 0.609. The number of carbonyl (C=O) groups is 1. The van der Waals surface area contributed by atoms with Gasteiger partial charge in [0.15, 0.2) is 0 Å². The topological polar surface area (TPSA) is 26.3 Å². The molecule has 1 rings (SSSR count). The van der Waals surface area contributed by atoms with Crippen molar-refractivity contribution >= 4 is 11.5 Å². The molecule has 0 aliphatic heterocycles. The Hall–Kier alpha value is -2.41. The van der Waals surface area contributed by atoms with Gasteiger partial charge < -0.3 is 0 Å². The molecular formula is C15H14F2O2. The van der Waals surface area contributed by atoms with Crippen molar-refractivity contribution in [3.8, 4) is 12.8 Å². The minimum absolute atomic E-state index is 0.126. The van der Waals surface area contributed by atoms with Gasteiger partial charge in [-0.25, -0.2) is 14.1 Å². The Morgan fingerprint density at radius 2 is 1.79 bits per heavy atom. The number of benzene rings is 1. The normalized spacial score (nSPS) is 10.7. The molecule has 1 aromatic carbocycles. The summed E-state index contributed by atoms with van der Waals surface area (Å²) in [5.74, 6) is -1.03. The Bertz CT molecular complexity index is 471. The first-order chi connectivity index (χ1) is 9.22. The van der Waals surface area contributed by atoms with Gasteiger partial charge in [0.2, 0.25) is 0 Å². The lowest BCUT2D eigenvalue weighted by Gasteiger charge is -2.02. The first-order valence-corrected chi connectivity index (χ1v) is 5.38. The summed E-state index contributed by atoms with van der Waals surface area (Å²) in [4.78, 5) is 14.0. The molecule has 0 atom stereocenters. The lowest BCUT2D eigenvalue weighted by atomic mass is 10.0. The summed E-state index contributed by atoms with van der Waals surface area (Å²) in [5.41, 5.74) is 1.76. The van der Waals surface area contributed by atoms with Crippen LogP contribution in [-0.2, 0) is 4.94 Å². The number of hydrogen-bond donors (Lipinski definition) is 0. The van der Waals surface area contributed by atoms with E-state index >= 15 is 0 Å². The van der Waals surface area contributed by atoms with Crippen LogP contribution in [0.15, 0.2) is 42.5 Å². The van der Waals surface area contributed by atoms with Gasteiger partial charge in [-0.15, -0.1) is 12.8 Å². The van der Waals surface area contributed by atoms with E-state index in [0.29, 0.717) is 0 Å². The van der Waals surface area contributed by atoms with Gasteiger partial charge in [0, 0.05) is 4.53 Å². The molecular weight excluding hydrogens is 250 g/mol. The van der Waals surface area contributed by atoms with Crippen LogP contribution in [0.3, 0.4) is 0 Å². The average Bonchev–Trinajstić information content (AvgIpc) is 2.50. The summed E-state index contributed by atoms with van der Waals surface area (Å²) >= 11 is 0. The van der Waals surface area contributed by atoms with E-state index in [0.717, 1.165) is 11.1 Å². The molecule has 0 radical (unpaired) electrons. The number of alkyl halides is 1. The molecule has 0 aromatic heterocycles. The molecule has 1 aromatic rings. The van der Waals surface area contributed by atoms with Crippen molar-refractivity contribution < 1.29 is 18.7 Å². The zero-order valence-electron chi connectivity index (χ0n) is 10.5. The molecule has 0 aliphatic rings. The Kier molecular flexibility index (Phi) is 8.38. The maximum atomic E-state index is 12.0. The molecule has 100 valence electrons. The minimum Gasteiger partial charge on any atom is -0.249 e. The molecule has 0 saturated carbocycles. The third-order valence-electron chi connectivity index (χ3n) is 2.22. The zero-order valence-corrected chi connectivity index (χ0v) is 10.5. The van der Waals surface area contributed by atoms with Crippen molar-refractivity contribution in [2.24, 2.45) is 0 Å². The Labute approximate surface area is 111 Å². The number of rotatable bonds is 4. The highest BCUT2D eigenvalue weighted by Gasteiger charge is 2.07. The fourth-order valence-electron chi connectivity index (χ4n) is 1.37. The van der Waals surface area contributed by atoms with Gasteiger partial charge in [-0.05, 0) is 30.2 Å². The van der Waals surface area contributed by atoms with Crippen molar-refractivity contribution in [1.29, 1.82) is 0 Å². The first-order valence-electron chi connectivity index (χ1n) is 5.38.